The number of hydrogen-bond acceptors (Lipinski definition) is 4. The van der Waals surface area contributed by atoms with Crippen LogP contribution in [0.4, 0.5) is 10.8 Å². The lowest BCUT2D eigenvalue weighted by atomic mass is 10.0. The van der Waals surface area contributed by atoms with E-state index >= 15 is 0 Å². The van der Waals surface area contributed by atoms with E-state index in [-0.39, 0.29) is 0 Å². The molecule has 0 atom stereocenters. The first kappa shape index (κ1) is 16.9. The van der Waals surface area contributed by atoms with Crippen LogP contribution in [-0.2, 0) is 11.2 Å². The Bertz CT molecular complexity index is 872. The predicted molar refractivity (Wildman–Crippen MR) is 104 cm³/mol. The number of aldehydes is 1. The normalized spacial score (nSPS) is 10.6. The molecular formula is C19H17BrN2OS. The molecule has 0 fully saturated rings. The van der Waals surface area contributed by atoms with Gasteiger partial charge < -0.3 is 10.1 Å². The van der Waals surface area contributed by atoms with Gasteiger partial charge in [-0.2, -0.15) is 0 Å². The predicted octanol–water partition coefficient (Wildman–Crippen LogP) is 5.67. The summed E-state index contributed by atoms with van der Waals surface area (Å²) in [5, 5.41) is 4.12. The van der Waals surface area contributed by atoms with Crippen LogP contribution < -0.4 is 5.32 Å². The van der Waals surface area contributed by atoms with Crippen LogP contribution in [0.15, 0.2) is 46.9 Å². The topological polar surface area (TPSA) is 42.0 Å². The van der Waals surface area contributed by atoms with Crippen LogP contribution in [0.1, 0.15) is 16.0 Å². The molecule has 0 aliphatic heterocycles. The highest BCUT2D eigenvalue weighted by molar-refractivity contribution is 9.10. The Morgan fingerprint density at radius 3 is 2.58 bits per heavy atom. The molecule has 0 bridgehead atoms. The van der Waals surface area contributed by atoms with Crippen molar-refractivity contribution in [3.8, 4) is 11.3 Å². The number of nitrogens with one attached hydrogen (secondary N) is 1. The molecule has 122 valence electrons. The van der Waals surface area contributed by atoms with Gasteiger partial charge in [0.2, 0.25) is 0 Å². The number of nitrogens with zero attached hydrogens (tertiary/aromatic N) is 1. The van der Waals surface area contributed by atoms with Crippen LogP contribution in [0.3, 0.4) is 0 Å². The summed E-state index contributed by atoms with van der Waals surface area (Å²) in [4.78, 5) is 16.8. The lowest BCUT2D eigenvalue weighted by molar-refractivity contribution is -0.107. The molecule has 0 radical (unpaired) electrons. The summed E-state index contributed by atoms with van der Waals surface area (Å²) in [7, 11) is 0. The molecule has 1 N–H and O–H groups in total. The molecule has 3 aromatic rings. The van der Waals surface area contributed by atoms with E-state index in [0.29, 0.717) is 6.42 Å². The van der Waals surface area contributed by atoms with Gasteiger partial charge in [-0.15, -0.1) is 11.3 Å². The Morgan fingerprint density at radius 2 is 1.92 bits per heavy atom. The fourth-order valence-electron chi connectivity index (χ4n) is 2.57. The lowest BCUT2D eigenvalue weighted by Gasteiger charge is -2.06. The average molecular weight is 401 g/mol. The van der Waals surface area contributed by atoms with Gasteiger partial charge in [-0.25, -0.2) is 4.98 Å². The van der Waals surface area contributed by atoms with E-state index in [1.54, 1.807) is 0 Å². The molecule has 24 heavy (non-hydrogen) atoms. The van der Waals surface area contributed by atoms with Gasteiger partial charge in [0.15, 0.2) is 5.13 Å². The van der Waals surface area contributed by atoms with Gasteiger partial charge in [0.05, 0.1) is 5.69 Å². The van der Waals surface area contributed by atoms with Gasteiger partial charge in [-0.05, 0) is 43.7 Å². The number of thiazole rings is 1. The van der Waals surface area contributed by atoms with Crippen LogP contribution >= 0.6 is 27.3 Å². The number of aryl methyl sites for hydroxylation is 2. The number of hydrogen-bond donors (Lipinski definition) is 1. The Kier molecular flexibility index (Phi) is 5.11. The monoisotopic (exact) mass is 400 g/mol. The molecule has 3 nitrogen and oxygen atoms in total. The first-order valence-electron chi connectivity index (χ1n) is 7.60. The zero-order valence-electron chi connectivity index (χ0n) is 13.5. The number of halogens is 1. The van der Waals surface area contributed by atoms with Gasteiger partial charge in [-0.1, -0.05) is 39.7 Å². The Balaban J connectivity index is 1.98. The fraction of sp³-hybridized carbons (Fsp3) is 0.158. The molecule has 0 saturated heterocycles. The molecule has 0 amide bonds. The highest BCUT2D eigenvalue weighted by Crippen LogP contribution is 2.34. The first-order valence-corrected chi connectivity index (χ1v) is 9.21. The zero-order chi connectivity index (χ0) is 17.1. The summed E-state index contributed by atoms with van der Waals surface area (Å²) in [5.74, 6) is 0. The maximum Gasteiger partial charge on any atom is 0.187 e. The van der Waals surface area contributed by atoms with E-state index in [0.717, 1.165) is 37.7 Å². The summed E-state index contributed by atoms with van der Waals surface area (Å²) in [6, 6.07) is 14.2. The molecule has 0 unspecified atom stereocenters. The van der Waals surface area contributed by atoms with Gasteiger partial charge in [-0.3, -0.25) is 0 Å². The SMILES string of the molecule is Cc1ccc(-c2nc(Nc3ccc(Br)cc3)sc2CC=O)c(C)c1. The van der Waals surface area contributed by atoms with Crippen molar-refractivity contribution in [2.24, 2.45) is 0 Å². The van der Waals surface area contributed by atoms with Gasteiger partial charge in [0.25, 0.3) is 0 Å². The molecule has 5 heteroatoms. The number of benzene rings is 2. The van der Waals surface area contributed by atoms with E-state index in [2.05, 4.69) is 53.3 Å². The minimum atomic E-state index is 0.377. The Labute approximate surface area is 153 Å². The summed E-state index contributed by atoms with van der Waals surface area (Å²) in [6.45, 7) is 4.15. The minimum absolute atomic E-state index is 0.377. The second kappa shape index (κ2) is 7.28. The van der Waals surface area contributed by atoms with Gasteiger partial charge in [0.1, 0.15) is 6.29 Å². The number of rotatable bonds is 5. The molecule has 0 spiro atoms. The number of carbonyl (C=O) groups is 1. The summed E-state index contributed by atoms with van der Waals surface area (Å²) < 4.78 is 1.03. The van der Waals surface area contributed by atoms with E-state index in [4.69, 9.17) is 4.98 Å². The van der Waals surface area contributed by atoms with Crippen molar-refractivity contribution in [2.45, 2.75) is 20.3 Å². The van der Waals surface area contributed by atoms with Crippen LogP contribution in [0, 0.1) is 13.8 Å². The van der Waals surface area contributed by atoms with Crippen molar-refractivity contribution in [3.63, 3.8) is 0 Å². The zero-order valence-corrected chi connectivity index (χ0v) is 15.9. The molecule has 0 saturated carbocycles. The van der Waals surface area contributed by atoms with Crippen molar-refractivity contribution in [3.05, 3.63) is 62.9 Å². The van der Waals surface area contributed by atoms with Crippen molar-refractivity contribution >= 4 is 44.4 Å². The first-order chi connectivity index (χ1) is 11.6. The second-order valence-electron chi connectivity index (χ2n) is 5.61. The third kappa shape index (κ3) is 3.74. The van der Waals surface area contributed by atoms with Crippen molar-refractivity contribution in [2.75, 3.05) is 5.32 Å². The third-order valence-corrected chi connectivity index (χ3v) is 5.22. The smallest absolute Gasteiger partial charge is 0.187 e. The van der Waals surface area contributed by atoms with Crippen molar-refractivity contribution in [1.29, 1.82) is 0 Å². The van der Waals surface area contributed by atoms with Crippen LogP contribution in [-0.4, -0.2) is 11.3 Å². The number of aromatic nitrogens is 1. The lowest BCUT2D eigenvalue weighted by Crippen LogP contribution is -1.92. The van der Waals surface area contributed by atoms with E-state index in [1.807, 2.05) is 24.3 Å². The fourth-order valence-corrected chi connectivity index (χ4v) is 3.77. The van der Waals surface area contributed by atoms with E-state index in [9.17, 15) is 4.79 Å². The third-order valence-electron chi connectivity index (χ3n) is 3.70. The molecular weight excluding hydrogens is 384 g/mol. The van der Waals surface area contributed by atoms with E-state index < -0.39 is 0 Å². The quantitative estimate of drug-likeness (QED) is 0.560. The average Bonchev–Trinajstić information content (AvgIpc) is 2.92. The minimum Gasteiger partial charge on any atom is -0.332 e. The summed E-state index contributed by atoms with van der Waals surface area (Å²) >= 11 is 4.96. The van der Waals surface area contributed by atoms with Gasteiger partial charge in [0, 0.05) is 27.0 Å². The number of anilines is 2. The van der Waals surface area contributed by atoms with Crippen molar-refractivity contribution < 1.29 is 4.79 Å². The summed E-state index contributed by atoms with van der Waals surface area (Å²) in [5.41, 5.74) is 5.33. The van der Waals surface area contributed by atoms with Gasteiger partial charge >= 0.3 is 0 Å². The molecule has 1 aromatic heterocycles. The second-order valence-corrected chi connectivity index (χ2v) is 7.61. The molecule has 3 rings (SSSR count). The maximum absolute atomic E-state index is 11.1. The Morgan fingerprint density at radius 1 is 1.17 bits per heavy atom. The molecule has 2 aromatic carbocycles. The van der Waals surface area contributed by atoms with E-state index in [1.165, 1.54) is 22.5 Å². The maximum atomic E-state index is 11.1. The molecule has 0 aliphatic rings. The Hall–Kier alpha value is -1.98. The number of carbonyl (C=O) groups excluding carboxylic acids is 1. The highest BCUT2D eigenvalue weighted by Gasteiger charge is 2.15. The standard InChI is InChI=1S/C19H17BrN2OS/c1-12-3-8-16(13(2)11-12)18-17(9-10-23)24-19(22-18)21-15-6-4-14(20)5-7-15/h3-8,10-11H,9H2,1-2H3,(H,21,22). The molecule has 1 heterocycles. The molecule has 0 aliphatic carbocycles. The van der Waals surface area contributed by atoms with Crippen LogP contribution in [0.2, 0.25) is 0 Å². The highest BCUT2D eigenvalue weighted by atomic mass is 79.9. The largest absolute Gasteiger partial charge is 0.332 e. The van der Waals surface area contributed by atoms with Crippen LogP contribution in [0.5, 0.6) is 0 Å². The summed E-state index contributed by atoms with van der Waals surface area (Å²) in [6.07, 6.45) is 1.31. The van der Waals surface area contributed by atoms with Crippen molar-refractivity contribution in [1.82, 2.24) is 4.98 Å². The van der Waals surface area contributed by atoms with Crippen LogP contribution in [0.25, 0.3) is 11.3 Å².